The van der Waals surface area contributed by atoms with Crippen molar-refractivity contribution in [3.63, 3.8) is 0 Å². The van der Waals surface area contributed by atoms with Crippen molar-refractivity contribution in [3.8, 4) is 0 Å². The Bertz CT molecular complexity index is 747. The average Bonchev–Trinajstić information content (AvgIpc) is 3.78. The van der Waals surface area contributed by atoms with Gasteiger partial charge >= 0.3 is 0 Å². The maximum Gasteiger partial charge on any atom is 0.240 e. The first-order chi connectivity index (χ1) is 18.7. The Balaban J connectivity index is 1.03. The number of likely N-dealkylation sites (tertiary alicyclic amines) is 4. The molecule has 4 unspecified atom stereocenters. The molecule has 6 atom stereocenters. The summed E-state index contributed by atoms with van der Waals surface area (Å²) in [7, 11) is 0. The standard InChI is InChI=1S/C30H52N6O2/c37-29(35-17-5-7-25(35)21-33-13-1-2-14-33)27-19-23(9-11-31-27)24-10-12-32-28(20-24)30(38)36-18-6-8-26(36)22-34-15-3-4-16-34/h23-28,31-32H,1-22H2/t23?,24?,25-,26-,27?,28?/m0/s1. The van der Waals surface area contributed by atoms with E-state index in [0.717, 1.165) is 90.6 Å². The normalized spacial score (nSPS) is 37.4. The van der Waals surface area contributed by atoms with E-state index >= 15 is 0 Å². The molecule has 0 saturated carbocycles. The second-order valence-electron chi connectivity index (χ2n) is 13.3. The molecule has 0 spiro atoms. The zero-order valence-electron chi connectivity index (χ0n) is 23.6. The average molecular weight is 529 g/mol. The number of nitrogens with one attached hydrogen (secondary N) is 2. The topological polar surface area (TPSA) is 71.2 Å². The molecule has 0 aromatic heterocycles. The summed E-state index contributed by atoms with van der Waals surface area (Å²) in [5.74, 6) is 1.78. The molecule has 38 heavy (non-hydrogen) atoms. The van der Waals surface area contributed by atoms with E-state index in [1.807, 2.05) is 0 Å². The highest BCUT2D eigenvalue weighted by Crippen LogP contribution is 2.34. The monoisotopic (exact) mass is 528 g/mol. The van der Waals surface area contributed by atoms with Gasteiger partial charge in [0.25, 0.3) is 0 Å². The van der Waals surface area contributed by atoms with Gasteiger partial charge in [-0.15, -0.1) is 0 Å². The Morgan fingerprint density at radius 1 is 0.553 bits per heavy atom. The van der Waals surface area contributed by atoms with Crippen molar-refractivity contribution in [3.05, 3.63) is 0 Å². The van der Waals surface area contributed by atoms with Crippen molar-refractivity contribution < 1.29 is 9.59 Å². The van der Waals surface area contributed by atoms with E-state index in [2.05, 4.69) is 30.2 Å². The maximum atomic E-state index is 13.7. The molecule has 8 heteroatoms. The summed E-state index contributed by atoms with van der Waals surface area (Å²) in [6.07, 6.45) is 14.0. The highest BCUT2D eigenvalue weighted by atomic mass is 16.2. The van der Waals surface area contributed by atoms with Crippen molar-refractivity contribution in [2.45, 2.75) is 101 Å². The highest BCUT2D eigenvalue weighted by Gasteiger charge is 2.41. The molecule has 6 aliphatic heterocycles. The van der Waals surface area contributed by atoms with Crippen LogP contribution in [0.3, 0.4) is 0 Å². The van der Waals surface area contributed by atoms with Crippen LogP contribution in [-0.4, -0.2) is 121 Å². The van der Waals surface area contributed by atoms with Crippen LogP contribution in [0.4, 0.5) is 0 Å². The predicted octanol–water partition coefficient (Wildman–Crippen LogP) is 1.90. The molecule has 0 aromatic carbocycles. The van der Waals surface area contributed by atoms with Crippen molar-refractivity contribution in [2.24, 2.45) is 11.8 Å². The lowest BCUT2D eigenvalue weighted by molar-refractivity contribution is -0.137. The van der Waals surface area contributed by atoms with Crippen LogP contribution in [0, 0.1) is 11.8 Å². The van der Waals surface area contributed by atoms with Gasteiger partial charge < -0.3 is 30.2 Å². The number of amides is 2. The number of carbonyl (C=O) groups excluding carboxylic acids is 2. The van der Waals surface area contributed by atoms with E-state index in [0.29, 0.717) is 35.7 Å². The first-order valence-corrected chi connectivity index (χ1v) is 16.2. The van der Waals surface area contributed by atoms with Crippen LogP contribution < -0.4 is 10.6 Å². The zero-order chi connectivity index (χ0) is 25.9. The fraction of sp³-hybridized carbons (Fsp3) is 0.933. The van der Waals surface area contributed by atoms with Crippen LogP contribution in [0.5, 0.6) is 0 Å². The number of carbonyl (C=O) groups is 2. The number of piperidine rings is 2. The van der Waals surface area contributed by atoms with E-state index in [1.165, 1.54) is 51.9 Å². The summed E-state index contributed by atoms with van der Waals surface area (Å²) in [6.45, 7) is 10.7. The SMILES string of the molecule is O=C(C1CC(C2CCNC(C(=O)N3CCC[C@H]3CN3CCCC3)C2)CCN1)N1CCC[C@H]1CN1CCCC1. The molecule has 0 radical (unpaired) electrons. The van der Waals surface area contributed by atoms with Crippen molar-refractivity contribution in [1.82, 2.24) is 30.2 Å². The van der Waals surface area contributed by atoms with Gasteiger partial charge in [-0.05, 0) is 128 Å². The summed E-state index contributed by atoms with van der Waals surface area (Å²) in [4.78, 5) is 37.0. The molecule has 6 aliphatic rings. The van der Waals surface area contributed by atoms with Gasteiger partial charge in [0.15, 0.2) is 0 Å². The van der Waals surface area contributed by atoms with Crippen LogP contribution in [0.2, 0.25) is 0 Å². The van der Waals surface area contributed by atoms with Crippen molar-refractivity contribution in [2.75, 3.05) is 65.4 Å². The third-order valence-electron chi connectivity index (χ3n) is 10.8. The number of hydrogen-bond acceptors (Lipinski definition) is 6. The van der Waals surface area contributed by atoms with Gasteiger partial charge in [0, 0.05) is 38.3 Å². The number of hydrogen-bond donors (Lipinski definition) is 2. The highest BCUT2D eigenvalue weighted by molar-refractivity contribution is 5.83. The van der Waals surface area contributed by atoms with Gasteiger partial charge in [-0.1, -0.05) is 0 Å². The molecule has 0 aromatic rings. The number of rotatable bonds is 7. The lowest BCUT2D eigenvalue weighted by Crippen LogP contribution is -2.56. The molecule has 2 amide bonds. The smallest absolute Gasteiger partial charge is 0.240 e. The maximum absolute atomic E-state index is 13.7. The van der Waals surface area contributed by atoms with Crippen LogP contribution in [0.1, 0.15) is 77.0 Å². The molecule has 6 fully saturated rings. The lowest BCUT2D eigenvalue weighted by atomic mass is 9.75. The predicted molar refractivity (Wildman–Crippen MR) is 150 cm³/mol. The first-order valence-electron chi connectivity index (χ1n) is 16.2. The van der Waals surface area contributed by atoms with Gasteiger partial charge in [0.2, 0.25) is 11.8 Å². The fourth-order valence-electron chi connectivity index (χ4n) is 8.68. The van der Waals surface area contributed by atoms with Crippen LogP contribution >= 0.6 is 0 Å². The minimum absolute atomic E-state index is 0.0413. The van der Waals surface area contributed by atoms with Crippen molar-refractivity contribution in [1.29, 1.82) is 0 Å². The molecular weight excluding hydrogens is 476 g/mol. The summed E-state index contributed by atoms with van der Waals surface area (Å²) in [5, 5.41) is 7.20. The number of nitrogens with zero attached hydrogens (tertiary/aromatic N) is 4. The van der Waals surface area contributed by atoms with Crippen LogP contribution in [0.25, 0.3) is 0 Å². The minimum atomic E-state index is -0.0413. The second-order valence-corrected chi connectivity index (χ2v) is 13.3. The zero-order valence-corrected chi connectivity index (χ0v) is 23.6. The van der Waals surface area contributed by atoms with E-state index in [4.69, 9.17) is 0 Å². The second kappa shape index (κ2) is 12.5. The van der Waals surface area contributed by atoms with E-state index in [1.54, 1.807) is 0 Å². The molecule has 0 aliphatic carbocycles. The molecule has 0 bridgehead atoms. The summed E-state index contributed by atoms with van der Waals surface area (Å²) >= 11 is 0. The van der Waals surface area contributed by atoms with E-state index in [9.17, 15) is 9.59 Å². The molecular formula is C30H52N6O2. The van der Waals surface area contributed by atoms with Crippen LogP contribution in [-0.2, 0) is 9.59 Å². The van der Waals surface area contributed by atoms with E-state index in [-0.39, 0.29) is 12.1 Å². The van der Waals surface area contributed by atoms with Gasteiger partial charge in [0.05, 0.1) is 12.1 Å². The Kier molecular flexibility index (Phi) is 8.89. The third-order valence-corrected chi connectivity index (χ3v) is 10.8. The van der Waals surface area contributed by atoms with Crippen LogP contribution in [0.15, 0.2) is 0 Å². The first kappa shape index (κ1) is 27.0. The Morgan fingerprint density at radius 2 is 0.974 bits per heavy atom. The summed E-state index contributed by atoms with van der Waals surface area (Å²) < 4.78 is 0. The molecule has 6 saturated heterocycles. The lowest BCUT2D eigenvalue weighted by Gasteiger charge is -2.41. The quantitative estimate of drug-likeness (QED) is 0.526. The van der Waals surface area contributed by atoms with Crippen molar-refractivity contribution >= 4 is 11.8 Å². The van der Waals surface area contributed by atoms with Gasteiger partial charge in [-0.2, -0.15) is 0 Å². The Labute approximate surface area is 230 Å². The Morgan fingerprint density at radius 3 is 1.39 bits per heavy atom. The fourth-order valence-corrected chi connectivity index (χ4v) is 8.68. The van der Waals surface area contributed by atoms with Gasteiger partial charge in [-0.25, -0.2) is 0 Å². The molecule has 6 rings (SSSR count). The molecule has 8 nitrogen and oxygen atoms in total. The third kappa shape index (κ3) is 6.08. The molecule has 214 valence electrons. The Hall–Kier alpha value is -1.22. The molecule has 2 N–H and O–H groups in total. The molecule has 6 heterocycles. The van der Waals surface area contributed by atoms with Gasteiger partial charge in [-0.3, -0.25) is 9.59 Å². The summed E-state index contributed by atoms with van der Waals surface area (Å²) in [5.41, 5.74) is 0. The largest absolute Gasteiger partial charge is 0.337 e. The van der Waals surface area contributed by atoms with E-state index < -0.39 is 0 Å². The summed E-state index contributed by atoms with van der Waals surface area (Å²) in [6, 6.07) is 0.719. The van der Waals surface area contributed by atoms with Gasteiger partial charge in [0.1, 0.15) is 0 Å². The minimum Gasteiger partial charge on any atom is -0.337 e.